The van der Waals surface area contributed by atoms with Crippen LogP contribution in [-0.2, 0) is 14.3 Å². The van der Waals surface area contributed by atoms with Gasteiger partial charge < -0.3 is 20.3 Å². The third-order valence-electron chi connectivity index (χ3n) is 2.55. The van der Waals surface area contributed by atoms with Gasteiger partial charge >= 0.3 is 5.97 Å². The van der Waals surface area contributed by atoms with Crippen molar-refractivity contribution in [1.82, 2.24) is 0 Å². The molecule has 0 bridgehead atoms. The highest BCUT2D eigenvalue weighted by molar-refractivity contribution is 5.70. The SMILES string of the molecule is COC(=O)CC(CN)(OCCO)C(C)C. The average molecular weight is 219 g/mol. The van der Waals surface area contributed by atoms with Crippen LogP contribution < -0.4 is 5.73 Å². The van der Waals surface area contributed by atoms with E-state index in [1.54, 1.807) is 0 Å². The van der Waals surface area contributed by atoms with E-state index >= 15 is 0 Å². The highest BCUT2D eigenvalue weighted by atomic mass is 16.5. The van der Waals surface area contributed by atoms with Gasteiger partial charge in [0.25, 0.3) is 0 Å². The first kappa shape index (κ1) is 14.3. The predicted octanol–water partition coefficient (Wildman–Crippen LogP) is -0.0881. The molecule has 3 N–H and O–H groups in total. The monoisotopic (exact) mass is 219 g/mol. The van der Waals surface area contributed by atoms with Crippen LogP contribution in [0.4, 0.5) is 0 Å². The standard InChI is InChI=1S/C10H21NO4/c1-8(2)10(7-11,15-5-4-12)6-9(13)14-3/h8,12H,4-7,11H2,1-3H3. The number of aliphatic hydroxyl groups excluding tert-OH is 1. The van der Waals surface area contributed by atoms with Gasteiger partial charge in [-0.25, -0.2) is 0 Å². The molecular formula is C10H21NO4. The fourth-order valence-corrected chi connectivity index (χ4v) is 1.35. The van der Waals surface area contributed by atoms with E-state index in [1.165, 1.54) is 7.11 Å². The number of esters is 1. The highest BCUT2D eigenvalue weighted by Gasteiger charge is 2.36. The van der Waals surface area contributed by atoms with Crippen LogP contribution in [0.3, 0.4) is 0 Å². The Morgan fingerprint density at radius 1 is 1.53 bits per heavy atom. The summed E-state index contributed by atoms with van der Waals surface area (Å²) < 4.78 is 10.1. The van der Waals surface area contributed by atoms with Gasteiger partial charge in [0.1, 0.15) is 0 Å². The number of carbonyl (C=O) groups excluding carboxylic acids is 1. The normalized spacial score (nSPS) is 15.1. The van der Waals surface area contributed by atoms with Crippen LogP contribution in [0.25, 0.3) is 0 Å². The molecule has 5 nitrogen and oxygen atoms in total. The number of ether oxygens (including phenoxy) is 2. The van der Waals surface area contributed by atoms with Crippen LogP contribution in [-0.4, -0.2) is 43.5 Å². The van der Waals surface area contributed by atoms with Crippen molar-refractivity contribution in [2.45, 2.75) is 25.9 Å². The number of rotatable bonds is 7. The molecule has 0 rings (SSSR count). The van der Waals surface area contributed by atoms with E-state index in [1.807, 2.05) is 13.8 Å². The number of nitrogens with two attached hydrogens (primary N) is 1. The molecule has 1 unspecified atom stereocenters. The minimum atomic E-state index is -0.740. The zero-order valence-corrected chi connectivity index (χ0v) is 9.66. The van der Waals surface area contributed by atoms with Crippen molar-refractivity contribution < 1.29 is 19.4 Å². The number of hydrogen-bond donors (Lipinski definition) is 2. The first-order valence-electron chi connectivity index (χ1n) is 5.04. The fourth-order valence-electron chi connectivity index (χ4n) is 1.35. The molecule has 0 saturated heterocycles. The summed E-state index contributed by atoms with van der Waals surface area (Å²) in [5.74, 6) is -0.278. The van der Waals surface area contributed by atoms with Crippen LogP contribution in [0.1, 0.15) is 20.3 Å². The van der Waals surface area contributed by atoms with Gasteiger partial charge in [0.2, 0.25) is 0 Å². The van der Waals surface area contributed by atoms with Crippen molar-refractivity contribution in [3.05, 3.63) is 0 Å². The quantitative estimate of drug-likeness (QED) is 0.585. The summed E-state index contributed by atoms with van der Waals surface area (Å²) in [5.41, 5.74) is 4.90. The van der Waals surface area contributed by atoms with Crippen molar-refractivity contribution in [1.29, 1.82) is 0 Å². The predicted molar refractivity (Wildman–Crippen MR) is 56.3 cm³/mol. The lowest BCUT2D eigenvalue weighted by molar-refractivity contribution is -0.153. The summed E-state index contributed by atoms with van der Waals surface area (Å²) in [5, 5.41) is 8.72. The molecule has 0 fully saturated rings. The third-order valence-corrected chi connectivity index (χ3v) is 2.55. The molecule has 0 aromatic carbocycles. The van der Waals surface area contributed by atoms with Crippen LogP contribution in [0, 0.1) is 5.92 Å². The highest BCUT2D eigenvalue weighted by Crippen LogP contribution is 2.25. The Kier molecular flexibility index (Phi) is 6.47. The minimum absolute atomic E-state index is 0.0770. The van der Waals surface area contributed by atoms with Gasteiger partial charge in [-0.1, -0.05) is 13.8 Å². The lowest BCUT2D eigenvalue weighted by Crippen LogP contribution is -2.48. The molecule has 0 radical (unpaired) electrons. The molecule has 90 valence electrons. The average Bonchev–Trinajstić information content (AvgIpc) is 2.23. The Labute approximate surface area is 90.5 Å². The summed E-state index contributed by atoms with van der Waals surface area (Å²) in [6.07, 6.45) is 0.109. The van der Waals surface area contributed by atoms with Crippen LogP contribution in [0.5, 0.6) is 0 Å². The van der Waals surface area contributed by atoms with Gasteiger partial charge in [-0.3, -0.25) is 4.79 Å². The summed E-state index contributed by atoms with van der Waals surface area (Å²) in [6.45, 7) is 4.15. The zero-order chi connectivity index (χ0) is 11.9. The molecule has 0 heterocycles. The van der Waals surface area contributed by atoms with Crippen molar-refractivity contribution in [3.8, 4) is 0 Å². The molecule has 0 aromatic rings. The van der Waals surface area contributed by atoms with E-state index in [2.05, 4.69) is 4.74 Å². The topological polar surface area (TPSA) is 81.8 Å². The first-order valence-corrected chi connectivity index (χ1v) is 5.04. The van der Waals surface area contributed by atoms with Gasteiger partial charge in [-0.15, -0.1) is 0 Å². The maximum Gasteiger partial charge on any atom is 0.308 e. The summed E-state index contributed by atoms with van der Waals surface area (Å²) in [6, 6.07) is 0. The van der Waals surface area contributed by atoms with Gasteiger partial charge in [-0.05, 0) is 5.92 Å². The van der Waals surface area contributed by atoms with E-state index in [0.717, 1.165) is 0 Å². The van der Waals surface area contributed by atoms with Gasteiger partial charge in [0, 0.05) is 6.54 Å². The molecule has 0 aromatic heterocycles. The molecule has 0 aliphatic heterocycles. The van der Waals surface area contributed by atoms with Crippen molar-refractivity contribution in [2.75, 3.05) is 26.9 Å². The van der Waals surface area contributed by atoms with Gasteiger partial charge in [-0.2, -0.15) is 0 Å². The number of carbonyl (C=O) groups is 1. The summed E-state index contributed by atoms with van der Waals surface area (Å²) in [4.78, 5) is 11.2. The first-order chi connectivity index (χ1) is 7.02. The second-order valence-electron chi connectivity index (χ2n) is 3.75. The molecule has 0 aliphatic carbocycles. The van der Waals surface area contributed by atoms with E-state index in [0.29, 0.717) is 0 Å². The van der Waals surface area contributed by atoms with Crippen molar-refractivity contribution >= 4 is 5.97 Å². The molecule has 15 heavy (non-hydrogen) atoms. The lowest BCUT2D eigenvalue weighted by Gasteiger charge is -2.35. The van der Waals surface area contributed by atoms with Crippen molar-refractivity contribution in [2.24, 2.45) is 11.7 Å². The summed E-state index contributed by atoms with van der Waals surface area (Å²) >= 11 is 0. The molecular weight excluding hydrogens is 198 g/mol. The molecule has 0 spiro atoms. The Bertz CT molecular complexity index is 196. The van der Waals surface area contributed by atoms with Crippen LogP contribution in [0.2, 0.25) is 0 Å². The second-order valence-corrected chi connectivity index (χ2v) is 3.75. The second kappa shape index (κ2) is 6.76. The Morgan fingerprint density at radius 3 is 2.47 bits per heavy atom. The van der Waals surface area contributed by atoms with Gasteiger partial charge in [0.15, 0.2) is 0 Å². The van der Waals surface area contributed by atoms with Gasteiger partial charge in [0.05, 0.1) is 32.3 Å². The van der Waals surface area contributed by atoms with Crippen LogP contribution in [0.15, 0.2) is 0 Å². The Morgan fingerprint density at radius 2 is 2.13 bits per heavy atom. The Balaban J connectivity index is 4.57. The minimum Gasteiger partial charge on any atom is -0.469 e. The fraction of sp³-hybridized carbons (Fsp3) is 0.900. The maximum atomic E-state index is 11.2. The molecule has 5 heteroatoms. The van der Waals surface area contributed by atoms with E-state index < -0.39 is 5.60 Å². The maximum absolute atomic E-state index is 11.2. The third kappa shape index (κ3) is 4.15. The largest absolute Gasteiger partial charge is 0.469 e. The van der Waals surface area contributed by atoms with Crippen LogP contribution >= 0.6 is 0 Å². The van der Waals surface area contributed by atoms with E-state index in [-0.39, 0.29) is 38.1 Å². The molecule has 0 amide bonds. The molecule has 0 saturated carbocycles. The summed E-state index contributed by atoms with van der Waals surface area (Å²) in [7, 11) is 1.33. The zero-order valence-electron chi connectivity index (χ0n) is 9.66. The number of methoxy groups -OCH3 is 1. The smallest absolute Gasteiger partial charge is 0.308 e. The molecule has 1 atom stereocenters. The Hall–Kier alpha value is -0.650. The van der Waals surface area contributed by atoms with E-state index in [9.17, 15) is 4.79 Å². The number of aliphatic hydroxyl groups is 1. The van der Waals surface area contributed by atoms with E-state index in [4.69, 9.17) is 15.6 Å². The van der Waals surface area contributed by atoms with Crippen molar-refractivity contribution in [3.63, 3.8) is 0 Å². The lowest BCUT2D eigenvalue weighted by atomic mass is 9.87. The molecule has 0 aliphatic rings. The number of hydrogen-bond acceptors (Lipinski definition) is 5.